The van der Waals surface area contributed by atoms with Gasteiger partial charge in [-0.05, 0) is 18.4 Å². The van der Waals surface area contributed by atoms with E-state index in [2.05, 4.69) is 6.58 Å². The highest BCUT2D eigenvalue weighted by molar-refractivity contribution is 5.67. The van der Waals surface area contributed by atoms with Crippen molar-refractivity contribution >= 4 is 5.87 Å². The van der Waals surface area contributed by atoms with Crippen molar-refractivity contribution in [2.45, 2.75) is 6.92 Å². The van der Waals surface area contributed by atoms with E-state index in [4.69, 9.17) is 10.7 Å². The van der Waals surface area contributed by atoms with E-state index < -0.39 is 0 Å². The fourth-order valence-electron chi connectivity index (χ4n) is 0.230. The van der Waals surface area contributed by atoms with Crippen molar-refractivity contribution in [3.8, 4) is 6.07 Å². The van der Waals surface area contributed by atoms with E-state index in [1.807, 2.05) is 5.87 Å². The molecular weight excluding hydrogens is 100 g/mol. The Kier molecular flexibility index (Phi) is 2.33. The van der Waals surface area contributed by atoms with Crippen molar-refractivity contribution in [2.75, 3.05) is 0 Å². The second-order valence-electron chi connectivity index (χ2n) is 1.39. The fourth-order valence-corrected chi connectivity index (χ4v) is 0.230. The molecule has 0 bridgehead atoms. The Labute approximate surface area is 48.3 Å². The second kappa shape index (κ2) is 2.79. The molecule has 0 radical (unpaired) electrons. The molecule has 0 unspecified atom stereocenters. The summed E-state index contributed by atoms with van der Waals surface area (Å²) in [4.78, 5) is 0. The van der Waals surface area contributed by atoms with E-state index in [1.54, 1.807) is 13.0 Å². The summed E-state index contributed by atoms with van der Waals surface area (Å²) in [5.41, 5.74) is 0.799. The quantitative estimate of drug-likeness (QED) is 0.305. The van der Waals surface area contributed by atoms with E-state index in [1.165, 1.54) is 0 Å². The lowest BCUT2D eigenvalue weighted by atomic mass is 10.2. The number of allylic oxidation sites excluding steroid dienone is 2. The average molecular weight is 106 g/mol. The molecule has 0 aliphatic carbocycles. The van der Waals surface area contributed by atoms with Gasteiger partial charge in [0.25, 0.3) is 0 Å². The Morgan fingerprint density at radius 2 is 2.25 bits per heavy atom. The first-order chi connectivity index (χ1) is 3.72. The predicted molar refractivity (Wildman–Crippen MR) is 31.7 cm³/mol. The van der Waals surface area contributed by atoms with Crippen LogP contribution < -0.4 is 0 Å². The summed E-state index contributed by atoms with van der Waals surface area (Å²) < 4.78 is 0. The number of hydrogen-bond donors (Lipinski definition) is 1. The van der Waals surface area contributed by atoms with Crippen molar-refractivity contribution in [1.82, 2.24) is 0 Å². The van der Waals surface area contributed by atoms with Crippen LogP contribution in [0.5, 0.6) is 0 Å². The lowest BCUT2D eigenvalue weighted by molar-refractivity contribution is 1.43. The number of nitrogens with zero attached hydrogens (tertiary/aromatic N) is 1. The van der Waals surface area contributed by atoms with Crippen LogP contribution in [0.2, 0.25) is 0 Å². The summed E-state index contributed by atoms with van der Waals surface area (Å²) in [6.07, 6.45) is 0. The van der Waals surface area contributed by atoms with Crippen LogP contribution in [-0.4, -0.2) is 5.87 Å². The van der Waals surface area contributed by atoms with Gasteiger partial charge in [-0.1, -0.05) is 6.58 Å². The van der Waals surface area contributed by atoms with Crippen molar-refractivity contribution in [3.63, 3.8) is 0 Å². The first kappa shape index (κ1) is 6.68. The van der Waals surface area contributed by atoms with Gasteiger partial charge < -0.3 is 0 Å². The maximum Gasteiger partial charge on any atom is 0.115 e. The Balaban J connectivity index is 4.46. The lowest BCUT2D eigenvalue weighted by Gasteiger charge is -1.83. The third-order valence-electron chi connectivity index (χ3n) is 0.664. The zero-order valence-corrected chi connectivity index (χ0v) is 4.65. The Morgan fingerprint density at radius 3 is 2.25 bits per heavy atom. The normalized spacial score (nSPS) is 6.50. The summed E-state index contributed by atoms with van der Waals surface area (Å²) >= 11 is 0. The van der Waals surface area contributed by atoms with Gasteiger partial charge in [0, 0.05) is 0 Å². The standard InChI is InChI=1S/C6H6N2/c1-5(2)6(3-7)4-8/h7H,1H2,2H3. The van der Waals surface area contributed by atoms with Crippen molar-refractivity contribution < 1.29 is 0 Å². The van der Waals surface area contributed by atoms with Gasteiger partial charge in [-0.3, -0.25) is 5.41 Å². The molecule has 0 aromatic carbocycles. The molecule has 40 valence electrons. The minimum Gasteiger partial charge on any atom is -0.258 e. The third kappa shape index (κ3) is 1.42. The Hall–Kier alpha value is -1.32. The molecule has 0 fully saturated rings. The zero-order valence-electron chi connectivity index (χ0n) is 4.65. The van der Waals surface area contributed by atoms with Gasteiger partial charge in [-0.25, -0.2) is 0 Å². The van der Waals surface area contributed by atoms with Crippen LogP contribution in [0.25, 0.3) is 0 Å². The maximum absolute atomic E-state index is 8.17. The number of rotatable bonds is 1. The van der Waals surface area contributed by atoms with Gasteiger partial charge in [-0.15, -0.1) is 0 Å². The molecular formula is C6H6N2. The van der Waals surface area contributed by atoms with Crippen molar-refractivity contribution in [3.05, 3.63) is 17.7 Å². The first-order valence-electron chi connectivity index (χ1n) is 2.08. The minimum atomic E-state index is 0.213. The summed E-state index contributed by atoms with van der Waals surface area (Å²) in [6.45, 7) is 5.12. The van der Waals surface area contributed by atoms with Crippen molar-refractivity contribution in [1.29, 1.82) is 10.7 Å². The second-order valence-corrected chi connectivity index (χ2v) is 1.39. The van der Waals surface area contributed by atoms with Gasteiger partial charge in [0.15, 0.2) is 0 Å². The highest BCUT2D eigenvalue weighted by Crippen LogP contribution is 1.97. The molecule has 0 saturated heterocycles. The van der Waals surface area contributed by atoms with Gasteiger partial charge in [-0.2, -0.15) is 5.26 Å². The molecule has 0 aliphatic rings. The van der Waals surface area contributed by atoms with E-state index in [0.29, 0.717) is 5.57 Å². The number of hydrogen-bond acceptors (Lipinski definition) is 2. The molecule has 0 spiro atoms. The molecule has 0 aromatic heterocycles. The van der Waals surface area contributed by atoms with Crippen LogP contribution in [-0.2, 0) is 0 Å². The van der Waals surface area contributed by atoms with Crippen LogP contribution in [0.15, 0.2) is 17.7 Å². The molecule has 0 atom stereocenters. The lowest BCUT2D eigenvalue weighted by Crippen LogP contribution is -1.77. The number of nitriles is 1. The Morgan fingerprint density at radius 1 is 1.75 bits per heavy atom. The predicted octanol–water partition coefficient (Wildman–Crippen LogP) is 1.26. The van der Waals surface area contributed by atoms with Crippen molar-refractivity contribution in [2.24, 2.45) is 0 Å². The molecule has 0 heterocycles. The van der Waals surface area contributed by atoms with E-state index in [0.717, 1.165) is 0 Å². The Bertz CT molecular complexity index is 189. The van der Waals surface area contributed by atoms with E-state index >= 15 is 0 Å². The topological polar surface area (TPSA) is 47.6 Å². The van der Waals surface area contributed by atoms with Crippen LogP contribution in [0, 0.1) is 16.7 Å². The molecule has 1 N–H and O–H groups in total. The average Bonchev–Trinajstić information content (AvgIpc) is 1.69. The SMILES string of the molecule is C=C(C)C(=C=N)C#N. The smallest absolute Gasteiger partial charge is 0.115 e. The molecule has 2 nitrogen and oxygen atoms in total. The van der Waals surface area contributed by atoms with Gasteiger partial charge in [0.1, 0.15) is 11.6 Å². The maximum atomic E-state index is 8.17. The first-order valence-corrected chi connectivity index (χ1v) is 2.08. The van der Waals surface area contributed by atoms with Crippen LogP contribution in [0.3, 0.4) is 0 Å². The molecule has 0 amide bonds. The minimum absolute atomic E-state index is 0.213. The van der Waals surface area contributed by atoms with Gasteiger partial charge in [0.2, 0.25) is 0 Å². The zero-order chi connectivity index (χ0) is 6.57. The molecule has 0 aliphatic heterocycles. The largest absolute Gasteiger partial charge is 0.258 e. The van der Waals surface area contributed by atoms with Crippen LogP contribution in [0.1, 0.15) is 6.92 Å². The summed E-state index contributed by atoms with van der Waals surface area (Å²) in [5, 5.41) is 14.7. The van der Waals surface area contributed by atoms with E-state index in [9.17, 15) is 0 Å². The fraction of sp³-hybridized carbons (Fsp3) is 0.167. The molecule has 0 saturated carbocycles. The molecule has 8 heavy (non-hydrogen) atoms. The highest BCUT2D eigenvalue weighted by Gasteiger charge is 1.90. The van der Waals surface area contributed by atoms with Gasteiger partial charge >= 0.3 is 0 Å². The summed E-state index contributed by atoms with van der Waals surface area (Å²) in [7, 11) is 0. The highest BCUT2D eigenvalue weighted by atomic mass is 14.3. The number of nitrogens with one attached hydrogen (secondary N) is 1. The van der Waals surface area contributed by atoms with E-state index in [-0.39, 0.29) is 5.57 Å². The summed E-state index contributed by atoms with van der Waals surface area (Å²) in [6, 6.07) is 1.77. The molecule has 2 heteroatoms. The summed E-state index contributed by atoms with van der Waals surface area (Å²) in [5.74, 6) is 1.96. The molecule has 0 rings (SSSR count). The van der Waals surface area contributed by atoms with Gasteiger partial charge in [0.05, 0.1) is 0 Å². The third-order valence-corrected chi connectivity index (χ3v) is 0.664. The molecule has 0 aromatic rings. The monoisotopic (exact) mass is 106 g/mol. The van der Waals surface area contributed by atoms with Crippen LogP contribution >= 0.6 is 0 Å². The van der Waals surface area contributed by atoms with Crippen LogP contribution in [0.4, 0.5) is 0 Å².